The summed E-state index contributed by atoms with van der Waals surface area (Å²) < 4.78 is 0. The van der Waals surface area contributed by atoms with Gasteiger partial charge < -0.3 is 27.0 Å². The summed E-state index contributed by atoms with van der Waals surface area (Å²) in [4.78, 5) is 7.50. The van der Waals surface area contributed by atoms with Crippen LogP contribution < -0.4 is 0 Å². The molecule has 0 aliphatic heterocycles. The van der Waals surface area contributed by atoms with E-state index in [0.717, 1.165) is 0 Å². The standard InChI is InChI=1S/CO.Pt.2S/c1-2;;;/q;+4;2*-2. The molecule has 0 amide bonds. The van der Waals surface area contributed by atoms with Crippen LogP contribution in [0.5, 0.6) is 0 Å². The zero-order chi connectivity index (χ0) is 2.00. The molecule has 0 atom stereocenters. The fourth-order valence-corrected chi connectivity index (χ4v) is 0. The van der Waals surface area contributed by atoms with Gasteiger partial charge in [-0.1, -0.05) is 0 Å². The Morgan fingerprint density at radius 2 is 1.00 bits per heavy atom. The molecule has 0 unspecified atom stereocenters. The van der Waals surface area contributed by atoms with E-state index in [4.69, 9.17) is 4.79 Å². The molecular weight excluding hydrogens is 287 g/mol. The van der Waals surface area contributed by atoms with E-state index < -0.39 is 0 Å². The molecule has 0 saturated carbocycles. The molecule has 0 spiro atoms. The molecule has 0 aliphatic carbocycles. The molecule has 2 radical (unpaired) electrons. The third-order valence-corrected chi connectivity index (χ3v) is 0. The van der Waals surface area contributed by atoms with E-state index in [-0.39, 0.29) is 48.1 Å². The normalized spacial score (nSPS) is 0.800. The van der Waals surface area contributed by atoms with Crippen molar-refractivity contribution in [1.29, 1.82) is 0 Å². The Morgan fingerprint density at radius 1 is 1.00 bits per heavy atom. The Kier molecular flexibility index (Phi) is 544. The second-order valence-corrected chi connectivity index (χ2v) is 0. The molecule has 0 rings (SSSR count). The van der Waals surface area contributed by atoms with Crippen LogP contribution in [-0.4, -0.2) is 6.79 Å². The van der Waals surface area contributed by atoms with Gasteiger partial charge in [-0.2, -0.15) is 0 Å². The Labute approximate surface area is 59.7 Å². The SMILES string of the molecule is [C]=O.[Pt+4].[S-2].[S-2]. The van der Waals surface area contributed by atoms with Crippen molar-refractivity contribution in [3.63, 3.8) is 0 Å². The topological polar surface area (TPSA) is 17.1 Å². The molecule has 0 bridgehead atoms. The van der Waals surface area contributed by atoms with Crippen molar-refractivity contribution >= 4 is 33.8 Å². The van der Waals surface area contributed by atoms with Gasteiger partial charge in [0.1, 0.15) is 0 Å². The summed E-state index contributed by atoms with van der Waals surface area (Å²) in [6.07, 6.45) is 0. The number of rotatable bonds is 0. The van der Waals surface area contributed by atoms with Gasteiger partial charge in [-0.05, 0) is 0 Å². The van der Waals surface area contributed by atoms with Crippen molar-refractivity contribution in [1.82, 2.24) is 0 Å². The number of hydrogen-bond acceptors (Lipinski definition) is 1. The first kappa shape index (κ1) is 36.6. The molecule has 0 aromatic carbocycles. The fourth-order valence-electron chi connectivity index (χ4n) is 0. The molecular formula is COPtS2. The predicted octanol–water partition coefficient (Wildman–Crippen LogP) is -0.404. The van der Waals surface area contributed by atoms with Crippen molar-refractivity contribution < 1.29 is 25.9 Å². The Bertz CT molecular complexity index is 9.61. The minimum atomic E-state index is 0. The minimum Gasteiger partial charge on any atom is -2.00 e. The molecule has 1 nitrogen and oxygen atoms in total. The molecule has 4 heteroatoms. The first-order valence-corrected chi connectivity index (χ1v) is 0.204. The van der Waals surface area contributed by atoms with Gasteiger partial charge in [-0.15, -0.1) is 0 Å². The number of hydrogen-bond donors (Lipinski definition) is 0. The minimum absolute atomic E-state index is 0. The van der Waals surface area contributed by atoms with Crippen LogP contribution in [0.3, 0.4) is 0 Å². The average molecular weight is 287 g/mol. The molecule has 0 aliphatic rings. The van der Waals surface area contributed by atoms with E-state index in [2.05, 4.69) is 6.79 Å². The fraction of sp³-hybridized carbons (Fsp3) is 0. The molecule has 5 heavy (non-hydrogen) atoms. The zero-order valence-electron chi connectivity index (χ0n) is 2.04. The predicted molar refractivity (Wildman–Crippen MR) is 20.4 cm³/mol. The molecule has 0 aromatic rings. The van der Waals surface area contributed by atoms with E-state index in [1.807, 2.05) is 0 Å². The van der Waals surface area contributed by atoms with Crippen LogP contribution in [0.25, 0.3) is 0 Å². The van der Waals surface area contributed by atoms with Crippen LogP contribution in [0, 0.1) is 0 Å². The maximum Gasteiger partial charge on any atom is 4.00 e. The van der Waals surface area contributed by atoms with Crippen LogP contribution in [0.15, 0.2) is 0 Å². The van der Waals surface area contributed by atoms with Gasteiger partial charge in [0.05, 0.1) is 0 Å². The van der Waals surface area contributed by atoms with Crippen LogP contribution in [-0.2, 0) is 52.9 Å². The Balaban J connectivity index is -0.00000000167. The van der Waals surface area contributed by atoms with E-state index in [9.17, 15) is 0 Å². The molecule has 0 saturated heterocycles. The third-order valence-electron chi connectivity index (χ3n) is 0. The summed E-state index contributed by atoms with van der Waals surface area (Å²) in [6.45, 7) is 4.50. The van der Waals surface area contributed by atoms with Crippen LogP contribution in [0.4, 0.5) is 0 Å². The van der Waals surface area contributed by atoms with Gasteiger partial charge in [-0.3, -0.25) is 4.79 Å². The Morgan fingerprint density at radius 3 is 1.00 bits per heavy atom. The molecule has 32 valence electrons. The van der Waals surface area contributed by atoms with Gasteiger partial charge in [-0.25, -0.2) is 0 Å². The van der Waals surface area contributed by atoms with E-state index in [0.29, 0.717) is 0 Å². The molecule has 0 fully saturated rings. The van der Waals surface area contributed by atoms with Gasteiger partial charge >= 0.3 is 21.1 Å². The van der Waals surface area contributed by atoms with E-state index in [1.165, 1.54) is 0 Å². The van der Waals surface area contributed by atoms with Crippen molar-refractivity contribution in [2.24, 2.45) is 0 Å². The second-order valence-electron chi connectivity index (χ2n) is 0. The third kappa shape index (κ3) is 42.2. The van der Waals surface area contributed by atoms with Crippen LogP contribution >= 0.6 is 0 Å². The smallest absolute Gasteiger partial charge is 2.00 e. The van der Waals surface area contributed by atoms with Crippen LogP contribution in [0.2, 0.25) is 0 Å². The summed E-state index contributed by atoms with van der Waals surface area (Å²) in [7, 11) is 0. The van der Waals surface area contributed by atoms with Crippen molar-refractivity contribution in [3.05, 3.63) is 0 Å². The average Bonchev–Trinajstić information content (AvgIpc) is 1.00. The zero-order valence-corrected chi connectivity index (χ0v) is 5.95. The van der Waals surface area contributed by atoms with Crippen molar-refractivity contribution in [3.8, 4) is 0 Å². The summed E-state index contributed by atoms with van der Waals surface area (Å²) in [5.74, 6) is 0. The van der Waals surface area contributed by atoms with Gasteiger partial charge in [0.2, 0.25) is 0 Å². The summed E-state index contributed by atoms with van der Waals surface area (Å²) in [5, 5.41) is 0. The van der Waals surface area contributed by atoms with Gasteiger partial charge in [0.15, 0.2) is 0 Å². The summed E-state index contributed by atoms with van der Waals surface area (Å²) in [5.41, 5.74) is 0. The van der Waals surface area contributed by atoms with Gasteiger partial charge in [0.25, 0.3) is 6.79 Å². The summed E-state index contributed by atoms with van der Waals surface area (Å²) in [6, 6.07) is 0. The first-order valence-electron chi connectivity index (χ1n) is 0.204. The Hall–Kier alpha value is 1.06. The largest absolute Gasteiger partial charge is 4.00 e. The first-order chi connectivity index (χ1) is 1.00. The second kappa shape index (κ2) is 74.4. The quantitative estimate of drug-likeness (QED) is 0.592. The molecule has 0 heterocycles. The molecule has 0 N–H and O–H groups in total. The number of carbonyl (C=O) groups excluding carboxylic acids is 1. The van der Waals surface area contributed by atoms with E-state index in [1.54, 1.807) is 0 Å². The maximum atomic E-state index is 7.50. The van der Waals surface area contributed by atoms with E-state index >= 15 is 0 Å². The van der Waals surface area contributed by atoms with Crippen molar-refractivity contribution in [2.45, 2.75) is 0 Å². The van der Waals surface area contributed by atoms with Crippen molar-refractivity contribution in [2.75, 3.05) is 0 Å². The molecule has 0 aromatic heterocycles. The maximum absolute atomic E-state index is 7.50. The summed E-state index contributed by atoms with van der Waals surface area (Å²) >= 11 is 0. The van der Waals surface area contributed by atoms with Gasteiger partial charge in [0, 0.05) is 0 Å². The van der Waals surface area contributed by atoms with Crippen LogP contribution in [0.1, 0.15) is 0 Å². The monoisotopic (exact) mass is 287 g/mol.